The van der Waals surface area contributed by atoms with Crippen molar-refractivity contribution in [3.05, 3.63) is 86.6 Å². The van der Waals surface area contributed by atoms with Crippen molar-refractivity contribution in [2.24, 2.45) is 0 Å². The topological polar surface area (TPSA) is 92.9 Å². The van der Waals surface area contributed by atoms with Gasteiger partial charge >= 0.3 is 0 Å². The number of furan rings is 1. The Morgan fingerprint density at radius 1 is 1.18 bits per heavy atom. The Morgan fingerprint density at radius 3 is 2.61 bits per heavy atom. The quantitative estimate of drug-likeness (QED) is 0.248. The minimum absolute atomic E-state index is 0.0348. The van der Waals surface area contributed by atoms with E-state index in [0.717, 1.165) is 8.27 Å². The number of aliphatic hydroxyl groups is 1. The number of anilines is 1. The second kappa shape index (κ2) is 8.31. The molecule has 1 unspecified atom stereocenters. The average Bonchev–Trinajstić information content (AvgIpc) is 3.49. The Balaban J connectivity index is 1.66. The number of fused-ring (bicyclic) bond motifs is 1. The van der Waals surface area contributed by atoms with E-state index in [4.69, 9.17) is 9.15 Å². The third kappa shape index (κ3) is 3.70. The van der Waals surface area contributed by atoms with Gasteiger partial charge in [-0.3, -0.25) is 14.5 Å². The highest BCUT2D eigenvalue weighted by atomic mass is 127. The monoisotopic (exact) mass is 572 g/mol. The first kappa shape index (κ1) is 21.7. The Bertz CT molecular complexity index is 1440. The molecule has 1 N–H and O–H groups in total. The number of aliphatic hydroxyl groups excluding tert-OH is 1. The van der Waals surface area contributed by atoms with Gasteiger partial charge in [0.05, 0.1) is 28.9 Å². The van der Waals surface area contributed by atoms with Gasteiger partial charge in [0.1, 0.15) is 11.5 Å². The molecule has 5 rings (SSSR count). The maximum Gasteiger partial charge on any atom is 0.296 e. The van der Waals surface area contributed by atoms with Crippen molar-refractivity contribution in [1.29, 1.82) is 0 Å². The minimum atomic E-state index is -0.852. The summed E-state index contributed by atoms with van der Waals surface area (Å²) in [6.07, 6.45) is 0. The van der Waals surface area contributed by atoms with Gasteiger partial charge in [-0.05, 0) is 77.5 Å². The molecule has 0 aliphatic carbocycles. The molecule has 2 aromatic carbocycles. The number of rotatable bonds is 5. The standard InChI is InChI=1S/C24H17IN2O5S/c1-12-3-10-17(32-12)21(28)19-20(13-4-6-14(25)7-5-13)27(23(30)22(19)29)24-26-16-9-8-15(31-2)11-18(16)33-24/h3-11,20,29H,1-2H3. The van der Waals surface area contributed by atoms with Crippen LogP contribution >= 0.6 is 33.9 Å². The maximum absolute atomic E-state index is 13.4. The zero-order valence-corrected chi connectivity index (χ0v) is 20.5. The van der Waals surface area contributed by atoms with Crippen LogP contribution in [-0.4, -0.2) is 28.9 Å². The Hall–Kier alpha value is -3.18. The first-order valence-electron chi connectivity index (χ1n) is 9.95. The van der Waals surface area contributed by atoms with Crippen LogP contribution in [0.4, 0.5) is 5.13 Å². The molecule has 2 aromatic heterocycles. The summed E-state index contributed by atoms with van der Waals surface area (Å²) in [5.74, 6) is -0.531. The first-order valence-corrected chi connectivity index (χ1v) is 11.8. The molecule has 1 aliphatic rings. The number of amides is 1. The number of benzene rings is 2. The number of ketones is 1. The van der Waals surface area contributed by atoms with E-state index in [0.29, 0.717) is 27.7 Å². The van der Waals surface area contributed by atoms with Crippen LogP contribution in [0.2, 0.25) is 0 Å². The maximum atomic E-state index is 13.4. The number of nitrogens with zero attached hydrogens (tertiary/aromatic N) is 2. The lowest BCUT2D eigenvalue weighted by Crippen LogP contribution is -2.30. The largest absolute Gasteiger partial charge is 0.503 e. The van der Waals surface area contributed by atoms with E-state index in [1.165, 1.54) is 16.2 Å². The summed E-state index contributed by atoms with van der Waals surface area (Å²) in [6, 6.07) is 15.2. The molecule has 1 amide bonds. The number of carbonyl (C=O) groups is 2. The van der Waals surface area contributed by atoms with Gasteiger partial charge in [0.2, 0.25) is 5.78 Å². The van der Waals surface area contributed by atoms with E-state index in [9.17, 15) is 14.7 Å². The molecular weight excluding hydrogens is 555 g/mol. The molecule has 1 aliphatic heterocycles. The molecule has 0 bridgehead atoms. The molecule has 166 valence electrons. The van der Waals surface area contributed by atoms with Gasteiger partial charge in [-0.15, -0.1) is 0 Å². The van der Waals surface area contributed by atoms with Gasteiger partial charge in [0, 0.05) is 3.57 Å². The van der Waals surface area contributed by atoms with Gasteiger partial charge < -0.3 is 14.3 Å². The molecular formula is C24H17IN2O5S. The summed E-state index contributed by atoms with van der Waals surface area (Å²) in [4.78, 5) is 32.6. The van der Waals surface area contributed by atoms with Crippen LogP contribution in [-0.2, 0) is 4.79 Å². The summed E-state index contributed by atoms with van der Waals surface area (Å²) in [5.41, 5.74) is 1.33. The second-order valence-corrected chi connectivity index (χ2v) is 9.72. The summed E-state index contributed by atoms with van der Waals surface area (Å²) >= 11 is 3.47. The van der Waals surface area contributed by atoms with Gasteiger partial charge in [0.25, 0.3) is 5.91 Å². The van der Waals surface area contributed by atoms with Gasteiger partial charge in [-0.25, -0.2) is 4.98 Å². The average molecular weight is 572 g/mol. The van der Waals surface area contributed by atoms with Crippen molar-refractivity contribution in [2.75, 3.05) is 12.0 Å². The van der Waals surface area contributed by atoms with Gasteiger partial charge in [-0.2, -0.15) is 0 Å². The number of hydrogen-bond acceptors (Lipinski definition) is 7. The molecule has 0 spiro atoms. The number of hydrogen-bond donors (Lipinski definition) is 1. The number of carbonyl (C=O) groups excluding carboxylic acids is 2. The number of thiazole rings is 1. The van der Waals surface area contributed by atoms with Crippen molar-refractivity contribution in [3.63, 3.8) is 0 Å². The van der Waals surface area contributed by atoms with Crippen LogP contribution in [0.3, 0.4) is 0 Å². The van der Waals surface area contributed by atoms with E-state index >= 15 is 0 Å². The van der Waals surface area contributed by atoms with E-state index in [1.54, 1.807) is 38.3 Å². The molecule has 0 radical (unpaired) electrons. The summed E-state index contributed by atoms with van der Waals surface area (Å²) < 4.78 is 12.6. The van der Waals surface area contributed by atoms with E-state index in [1.807, 2.05) is 30.3 Å². The molecule has 33 heavy (non-hydrogen) atoms. The zero-order chi connectivity index (χ0) is 23.3. The molecule has 1 atom stereocenters. The number of aryl methyl sites for hydroxylation is 1. The number of ether oxygens (including phenoxy) is 1. The van der Waals surface area contributed by atoms with E-state index in [2.05, 4.69) is 27.6 Å². The number of methoxy groups -OCH3 is 1. The third-order valence-corrected chi connectivity index (χ3v) is 7.13. The molecule has 0 saturated heterocycles. The predicted molar refractivity (Wildman–Crippen MR) is 133 cm³/mol. The van der Waals surface area contributed by atoms with Crippen molar-refractivity contribution < 1.29 is 23.8 Å². The molecule has 9 heteroatoms. The lowest BCUT2D eigenvalue weighted by molar-refractivity contribution is -0.117. The van der Waals surface area contributed by atoms with E-state index < -0.39 is 23.5 Å². The van der Waals surface area contributed by atoms with Crippen LogP contribution in [0.5, 0.6) is 5.75 Å². The van der Waals surface area contributed by atoms with Crippen molar-refractivity contribution in [3.8, 4) is 5.75 Å². The minimum Gasteiger partial charge on any atom is -0.503 e. The molecule has 3 heterocycles. The zero-order valence-electron chi connectivity index (χ0n) is 17.5. The Morgan fingerprint density at radius 2 is 1.94 bits per heavy atom. The highest BCUT2D eigenvalue weighted by Crippen LogP contribution is 2.44. The van der Waals surface area contributed by atoms with Gasteiger partial charge in [-0.1, -0.05) is 23.5 Å². The molecule has 0 saturated carbocycles. The van der Waals surface area contributed by atoms with Crippen LogP contribution in [0.1, 0.15) is 27.9 Å². The Kier molecular flexibility index (Phi) is 5.45. The highest BCUT2D eigenvalue weighted by Gasteiger charge is 2.46. The molecule has 0 fully saturated rings. The van der Waals surface area contributed by atoms with Crippen LogP contribution < -0.4 is 9.64 Å². The number of Topliss-reactive ketones (excluding diaryl/α,β-unsaturated/α-hetero) is 1. The fraction of sp³-hybridized carbons (Fsp3) is 0.125. The molecule has 7 nitrogen and oxygen atoms in total. The Labute approximate surface area is 206 Å². The van der Waals surface area contributed by atoms with Crippen molar-refractivity contribution >= 4 is 61.0 Å². The fourth-order valence-corrected chi connectivity index (χ4v) is 5.19. The van der Waals surface area contributed by atoms with Crippen molar-refractivity contribution in [2.45, 2.75) is 13.0 Å². The second-order valence-electron chi connectivity index (χ2n) is 7.46. The SMILES string of the molecule is COc1ccc2nc(N3C(=O)C(O)=C(C(=O)c4ccc(C)o4)C3c3ccc(I)cc3)sc2c1. The normalized spacial score (nSPS) is 16.2. The van der Waals surface area contributed by atoms with Crippen LogP contribution in [0, 0.1) is 10.5 Å². The van der Waals surface area contributed by atoms with Gasteiger partial charge in [0.15, 0.2) is 16.7 Å². The fourth-order valence-electron chi connectivity index (χ4n) is 3.81. The first-order chi connectivity index (χ1) is 15.9. The molecule has 4 aromatic rings. The summed E-state index contributed by atoms with van der Waals surface area (Å²) in [6.45, 7) is 1.73. The number of halogens is 1. The smallest absolute Gasteiger partial charge is 0.296 e. The van der Waals surface area contributed by atoms with Crippen LogP contribution in [0.25, 0.3) is 10.2 Å². The van der Waals surface area contributed by atoms with E-state index in [-0.39, 0.29) is 11.3 Å². The predicted octanol–water partition coefficient (Wildman–Crippen LogP) is 5.59. The number of aromatic nitrogens is 1. The van der Waals surface area contributed by atoms with Crippen LogP contribution in [0.15, 0.2) is 70.3 Å². The highest BCUT2D eigenvalue weighted by molar-refractivity contribution is 14.1. The lowest BCUT2D eigenvalue weighted by Gasteiger charge is -2.24. The summed E-state index contributed by atoms with van der Waals surface area (Å²) in [5, 5.41) is 11.2. The lowest BCUT2D eigenvalue weighted by atomic mass is 9.95. The third-order valence-electron chi connectivity index (χ3n) is 5.39. The van der Waals surface area contributed by atoms with Crippen molar-refractivity contribution in [1.82, 2.24) is 4.98 Å². The summed E-state index contributed by atoms with van der Waals surface area (Å²) in [7, 11) is 1.58.